The third-order valence-corrected chi connectivity index (χ3v) is 2.41. The number of aryl methyl sites for hydroxylation is 2. The van der Waals surface area contributed by atoms with E-state index in [9.17, 15) is 4.79 Å². The molecule has 0 bridgehead atoms. The molecule has 0 saturated heterocycles. The molecule has 1 aromatic carbocycles. The first-order valence-electron chi connectivity index (χ1n) is 5.59. The highest BCUT2D eigenvalue weighted by atomic mass is 35.5. The molecule has 0 aliphatic heterocycles. The van der Waals surface area contributed by atoms with E-state index in [1.165, 1.54) is 16.7 Å². The number of halogens is 1. The number of carbonyl (C=O) groups excluding carboxylic acids is 1. The van der Waals surface area contributed by atoms with Gasteiger partial charge in [-0.05, 0) is 32.8 Å². The van der Waals surface area contributed by atoms with Crippen LogP contribution in [0.25, 0.3) is 0 Å². The molecule has 0 aliphatic rings. The van der Waals surface area contributed by atoms with Gasteiger partial charge in [-0.1, -0.05) is 29.3 Å². The van der Waals surface area contributed by atoms with Crippen LogP contribution in [0.1, 0.15) is 23.6 Å². The molecule has 0 radical (unpaired) electrons. The fourth-order valence-corrected chi connectivity index (χ4v) is 1.70. The molecule has 1 amide bonds. The molecule has 1 atom stereocenters. The van der Waals surface area contributed by atoms with Gasteiger partial charge in [0.25, 0.3) is 0 Å². The molecule has 0 fully saturated rings. The van der Waals surface area contributed by atoms with Crippen molar-refractivity contribution in [3.63, 3.8) is 0 Å². The van der Waals surface area contributed by atoms with E-state index < -0.39 is 6.04 Å². The molecule has 17 heavy (non-hydrogen) atoms. The Morgan fingerprint density at radius 2 is 1.82 bits per heavy atom. The Labute approximate surface area is 109 Å². The third kappa shape index (κ3) is 5.71. The lowest BCUT2D eigenvalue weighted by atomic mass is 10.1. The molecule has 0 saturated carbocycles. The Morgan fingerprint density at radius 1 is 1.29 bits per heavy atom. The molecule has 96 valence electrons. The van der Waals surface area contributed by atoms with Crippen molar-refractivity contribution in [3.8, 4) is 0 Å². The van der Waals surface area contributed by atoms with Gasteiger partial charge in [0.2, 0.25) is 5.91 Å². The molecule has 3 nitrogen and oxygen atoms in total. The van der Waals surface area contributed by atoms with Gasteiger partial charge in [-0.2, -0.15) is 0 Å². The maximum absolute atomic E-state index is 11.2. The molecule has 0 unspecified atom stereocenters. The number of nitrogens with one attached hydrogen (secondary N) is 1. The summed E-state index contributed by atoms with van der Waals surface area (Å²) in [6, 6.07) is 6.00. The van der Waals surface area contributed by atoms with Crippen LogP contribution in [0.3, 0.4) is 0 Å². The molecule has 0 aromatic heterocycles. The van der Waals surface area contributed by atoms with Gasteiger partial charge in [-0.3, -0.25) is 4.79 Å². The summed E-state index contributed by atoms with van der Waals surface area (Å²) in [5.74, 6) is -0.0932. The van der Waals surface area contributed by atoms with Crippen LogP contribution in [-0.2, 0) is 11.2 Å². The predicted octanol–water partition coefficient (Wildman–Crippen LogP) is 1.73. The van der Waals surface area contributed by atoms with Crippen molar-refractivity contribution >= 4 is 18.3 Å². The second-order valence-corrected chi connectivity index (χ2v) is 4.33. The summed E-state index contributed by atoms with van der Waals surface area (Å²) >= 11 is 0. The lowest BCUT2D eigenvalue weighted by molar-refractivity contribution is -0.121. The van der Waals surface area contributed by atoms with Crippen molar-refractivity contribution in [2.75, 3.05) is 6.54 Å². The lowest BCUT2D eigenvalue weighted by Crippen LogP contribution is -2.39. The van der Waals surface area contributed by atoms with Gasteiger partial charge < -0.3 is 11.1 Å². The van der Waals surface area contributed by atoms with E-state index in [-0.39, 0.29) is 18.3 Å². The Kier molecular flexibility index (Phi) is 6.85. The summed E-state index contributed by atoms with van der Waals surface area (Å²) in [7, 11) is 0. The second-order valence-electron chi connectivity index (χ2n) is 4.33. The van der Waals surface area contributed by atoms with E-state index >= 15 is 0 Å². The van der Waals surface area contributed by atoms with Crippen molar-refractivity contribution in [2.24, 2.45) is 5.73 Å². The average molecular weight is 257 g/mol. The number of nitrogens with two attached hydrogens (primary N) is 1. The molecule has 3 N–H and O–H groups in total. The number of rotatable bonds is 4. The summed E-state index contributed by atoms with van der Waals surface area (Å²) in [6.07, 6.45) is 0.848. The smallest absolute Gasteiger partial charge is 0.236 e. The maximum atomic E-state index is 11.2. The van der Waals surface area contributed by atoms with Crippen molar-refractivity contribution in [2.45, 2.75) is 33.2 Å². The zero-order chi connectivity index (χ0) is 12.1. The average Bonchev–Trinajstić information content (AvgIpc) is 2.15. The van der Waals surface area contributed by atoms with Gasteiger partial charge in [0.15, 0.2) is 0 Å². The zero-order valence-corrected chi connectivity index (χ0v) is 11.4. The van der Waals surface area contributed by atoms with Crippen LogP contribution in [-0.4, -0.2) is 18.5 Å². The number of amides is 1. The normalized spacial score (nSPS) is 11.5. The van der Waals surface area contributed by atoms with Gasteiger partial charge in [-0.25, -0.2) is 0 Å². The fraction of sp³-hybridized carbons (Fsp3) is 0.462. The van der Waals surface area contributed by atoms with Crippen LogP contribution in [0, 0.1) is 13.8 Å². The first-order valence-corrected chi connectivity index (χ1v) is 5.59. The van der Waals surface area contributed by atoms with Crippen LogP contribution in [0.4, 0.5) is 0 Å². The summed E-state index contributed by atoms with van der Waals surface area (Å²) in [5, 5.41) is 2.81. The summed E-state index contributed by atoms with van der Waals surface area (Å²) in [4.78, 5) is 11.2. The minimum Gasteiger partial charge on any atom is -0.354 e. The van der Waals surface area contributed by atoms with Crippen molar-refractivity contribution in [3.05, 3.63) is 34.9 Å². The Morgan fingerprint density at radius 3 is 2.29 bits per heavy atom. The van der Waals surface area contributed by atoms with Crippen molar-refractivity contribution < 1.29 is 4.79 Å². The topological polar surface area (TPSA) is 55.1 Å². The molecule has 1 rings (SSSR count). The largest absolute Gasteiger partial charge is 0.354 e. The number of benzene rings is 1. The molecular weight excluding hydrogens is 236 g/mol. The van der Waals surface area contributed by atoms with Crippen LogP contribution < -0.4 is 11.1 Å². The number of hydrogen-bond acceptors (Lipinski definition) is 2. The summed E-state index contributed by atoms with van der Waals surface area (Å²) < 4.78 is 0. The van der Waals surface area contributed by atoms with Crippen LogP contribution in [0.5, 0.6) is 0 Å². The van der Waals surface area contributed by atoms with Crippen LogP contribution >= 0.6 is 12.4 Å². The van der Waals surface area contributed by atoms with E-state index in [4.69, 9.17) is 5.73 Å². The molecule has 0 aliphatic carbocycles. The van der Waals surface area contributed by atoms with Gasteiger partial charge in [0.1, 0.15) is 0 Å². The third-order valence-electron chi connectivity index (χ3n) is 2.41. The number of hydrogen-bond donors (Lipinski definition) is 2. The Balaban J connectivity index is 0.00000256. The van der Waals surface area contributed by atoms with Gasteiger partial charge in [-0.15, -0.1) is 12.4 Å². The highest BCUT2D eigenvalue weighted by molar-refractivity contribution is 5.85. The molecule has 1 aromatic rings. The highest BCUT2D eigenvalue weighted by Gasteiger charge is 2.05. The molecular formula is C13H21ClN2O. The van der Waals surface area contributed by atoms with Gasteiger partial charge in [0.05, 0.1) is 6.04 Å². The SMILES string of the molecule is Cc1cc(C)cc(CCNC(=O)[C@@H](C)N)c1.Cl. The van der Waals surface area contributed by atoms with E-state index in [1.54, 1.807) is 6.92 Å². The van der Waals surface area contributed by atoms with Gasteiger partial charge in [0, 0.05) is 6.54 Å². The Bertz CT molecular complexity index is 357. The first kappa shape index (κ1) is 15.9. The van der Waals surface area contributed by atoms with Crippen molar-refractivity contribution in [1.29, 1.82) is 0 Å². The Hall–Kier alpha value is -1.06. The molecule has 0 spiro atoms. The van der Waals surface area contributed by atoms with Crippen molar-refractivity contribution in [1.82, 2.24) is 5.32 Å². The van der Waals surface area contributed by atoms with Crippen LogP contribution in [0.2, 0.25) is 0 Å². The van der Waals surface area contributed by atoms with E-state index in [0.717, 1.165) is 6.42 Å². The quantitative estimate of drug-likeness (QED) is 0.862. The minimum absolute atomic E-state index is 0. The summed E-state index contributed by atoms with van der Waals surface area (Å²) in [5.41, 5.74) is 9.22. The number of carbonyl (C=O) groups is 1. The monoisotopic (exact) mass is 256 g/mol. The van der Waals surface area contributed by atoms with E-state index in [2.05, 4.69) is 37.4 Å². The zero-order valence-electron chi connectivity index (χ0n) is 10.6. The summed E-state index contributed by atoms with van der Waals surface area (Å²) in [6.45, 7) is 6.49. The predicted molar refractivity (Wildman–Crippen MR) is 73.5 cm³/mol. The van der Waals surface area contributed by atoms with Gasteiger partial charge >= 0.3 is 0 Å². The second kappa shape index (κ2) is 7.30. The molecule has 4 heteroatoms. The lowest BCUT2D eigenvalue weighted by Gasteiger charge is -2.08. The fourth-order valence-electron chi connectivity index (χ4n) is 1.70. The highest BCUT2D eigenvalue weighted by Crippen LogP contribution is 2.08. The molecule has 0 heterocycles. The maximum Gasteiger partial charge on any atom is 0.236 e. The van der Waals surface area contributed by atoms with E-state index in [1.807, 2.05) is 0 Å². The standard InChI is InChI=1S/C13H20N2O.ClH/c1-9-6-10(2)8-12(7-9)4-5-15-13(16)11(3)14;/h6-8,11H,4-5,14H2,1-3H3,(H,15,16);1H/t11-;/m1./s1. The van der Waals surface area contributed by atoms with Crippen LogP contribution in [0.15, 0.2) is 18.2 Å². The van der Waals surface area contributed by atoms with E-state index in [0.29, 0.717) is 6.54 Å². The first-order chi connectivity index (χ1) is 7.49. The minimum atomic E-state index is -0.431.